The zero-order valence-electron chi connectivity index (χ0n) is 16.5. The van der Waals surface area contributed by atoms with Crippen molar-refractivity contribution in [2.45, 2.75) is 41.5 Å². The number of aromatic nitrogens is 2. The van der Waals surface area contributed by atoms with Crippen molar-refractivity contribution in [1.82, 2.24) is 14.9 Å². The van der Waals surface area contributed by atoms with Crippen molar-refractivity contribution in [1.29, 1.82) is 0 Å². The summed E-state index contributed by atoms with van der Waals surface area (Å²) in [5, 5.41) is -0.407. The van der Waals surface area contributed by atoms with Crippen LogP contribution in [0.15, 0.2) is 46.6 Å². The van der Waals surface area contributed by atoms with E-state index in [1.54, 1.807) is 0 Å². The molecule has 0 unspecified atom stereocenters. The Balaban J connectivity index is 1.89. The van der Waals surface area contributed by atoms with Gasteiger partial charge in [-0.2, -0.15) is 13.2 Å². The highest BCUT2D eigenvalue weighted by Crippen LogP contribution is 2.38. The van der Waals surface area contributed by atoms with E-state index in [0.29, 0.717) is 0 Å². The molecule has 0 aliphatic carbocycles. The molecular weight excluding hydrogens is 457 g/mol. The molecule has 0 spiro atoms. The number of halogens is 3. The quantitative estimate of drug-likeness (QED) is 0.373. The maximum Gasteiger partial charge on any atom is 0.446 e. The molecular formula is C18H17F3N4O4S2. The smallest absolute Gasteiger partial charge is 0.304 e. The van der Waals surface area contributed by atoms with Crippen LogP contribution in [0.5, 0.6) is 0 Å². The molecule has 1 aliphatic heterocycles. The second kappa shape index (κ2) is 7.79. The minimum Gasteiger partial charge on any atom is -0.304 e. The van der Waals surface area contributed by atoms with E-state index in [4.69, 9.17) is 0 Å². The number of hydrogen-bond acceptors (Lipinski definition) is 7. The third-order valence-electron chi connectivity index (χ3n) is 4.49. The Morgan fingerprint density at radius 2 is 1.71 bits per heavy atom. The number of thioether (sulfide) groups is 1. The van der Waals surface area contributed by atoms with Crippen molar-refractivity contribution in [2.24, 2.45) is 0 Å². The number of benzene rings is 1. The molecule has 1 aromatic heterocycles. The van der Waals surface area contributed by atoms with Crippen LogP contribution in [0, 0.1) is 0 Å². The summed E-state index contributed by atoms with van der Waals surface area (Å²) in [4.78, 5) is 35.6. The average molecular weight is 474 g/mol. The number of anilines is 1. The van der Waals surface area contributed by atoms with Crippen LogP contribution in [0.2, 0.25) is 0 Å². The lowest BCUT2D eigenvalue weighted by Gasteiger charge is -2.27. The van der Waals surface area contributed by atoms with E-state index in [1.165, 1.54) is 55.3 Å². The van der Waals surface area contributed by atoms with Gasteiger partial charge in [0.05, 0.1) is 17.9 Å². The van der Waals surface area contributed by atoms with Gasteiger partial charge in [-0.1, -0.05) is 0 Å². The molecule has 0 bridgehead atoms. The molecule has 1 saturated heterocycles. The number of carbonyl (C=O) groups is 2. The molecule has 1 fully saturated rings. The van der Waals surface area contributed by atoms with Crippen molar-refractivity contribution < 1.29 is 31.2 Å². The summed E-state index contributed by atoms with van der Waals surface area (Å²) in [5.74, 6) is -0.578. The van der Waals surface area contributed by atoms with Crippen LogP contribution in [-0.2, 0) is 21.2 Å². The first-order valence-electron chi connectivity index (χ1n) is 8.74. The third kappa shape index (κ3) is 4.82. The molecule has 8 nitrogen and oxygen atoms in total. The van der Waals surface area contributed by atoms with Crippen LogP contribution in [-0.4, -0.2) is 52.5 Å². The zero-order valence-corrected chi connectivity index (χ0v) is 18.2. The maximum atomic E-state index is 13.0. The zero-order chi connectivity index (χ0) is 23.2. The number of hydrogen-bond donors (Lipinski definition) is 0. The van der Waals surface area contributed by atoms with Gasteiger partial charge in [-0.05, 0) is 55.9 Å². The molecule has 31 heavy (non-hydrogen) atoms. The first-order chi connectivity index (χ1) is 14.2. The van der Waals surface area contributed by atoms with Gasteiger partial charge in [0.2, 0.25) is 15.0 Å². The van der Waals surface area contributed by atoms with Gasteiger partial charge in [-0.3, -0.25) is 4.79 Å². The van der Waals surface area contributed by atoms with E-state index in [0.717, 1.165) is 11.2 Å². The van der Waals surface area contributed by atoms with E-state index < -0.39 is 38.0 Å². The van der Waals surface area contributed by atoms with Crippen LogP contribution in [0.25, 0.3) is 0 Å². The van der Waals surface area contributed by atoms with Gasteiger partial charge in [0.1, 0.15) is 5.54 Å². The van der Waals surface area contributed by atoms with Crippen molar-refractivity contribution >= 4 is 39.2 Å². The minimum absolute atomic E-state index is 0.0826. The van der Waals surface area contributed by atoms with Gasteiger partial charge in [0, 0.05) is 17.3 Å². The number of amides is 3. The predicted molar refractivity (Wildman–Crippen MR) is 106 cm³/mol. The summed E-state index contributed by atoms with van der Waals surface area (Å²) in [6, 6.07) is 5.59. The molecule has 0 N–H and O–H groups in total. The summed E-state index contributed by atoms with van der Waals surface area (Å²) in [6.07, 6.45) is 2.19. The number of nitrogens with zero attached hydrogens (tertiary/aromatic N) is 4. The lowest BCUT2D eigenvalue weighted by atomic mass is 10.0. The molecule has 0 atom stereocenters. The highest BCUT2D eigenvalue weighted by atomic mass is 32.2. The molecule has 166 valence electrons. The lowest BCUT2D eigenvalue weighted by molar-refractivity contribution is -0.123. The highest BCUT2D eigenvalue weighted by Gasteiger charge is 2.52. The number of alkyl halides is 3. The summed E-state index contributed by atoms with van der Waals surface area (Å²) in [7, 11) is -3.67. The summed E-state index contributed by atoms with van der Waals surface area (Å²) in [5.41, 5.74) is -5.42. The Kier molecular flexibility index (Phi) is 5.78. The molecule has 0 radical (unpaired) electrons. The number of urea groups is 1. The Morgan fingerprint density at radius 1 is 1.10 bits per heavy atom. The molecule has 1 aromatic carbocycles. The molecule has 0 saturated carbocycles. The molecule has 2 aromatic rings. The van der Waals surface area contributed by atoms with Crippen LogP contribution >= 0.6 is 11.8 Å². The van der Waals surface area contributed by atoms with Crippen LogP contribution in [0.1, 0.15) is 19.5 Å². The fraction of sp³-hybridized carbons (Fsp3) is 0.333. The van der Waals surface area contributed by atoms with Gasteiger partial charge in [0.15, 0.2) is 0 Å². The van der Waals surface area contributed by atoms with E-state index in [2.05, 4.69) is 9.97 Å². The standard InChI is InChI=1S/C18H17F3N4O4S2/c1-17(2)14(26)25(12-4-6-13(7-5-12)30-18(19,20)21)16(27)24(17)10-11-8-9-22-15(23-11)31(3,28)29/h4-9H,10H2,1-3H3. The van der Waals surface area contributed by atoms with Crippen molar-refractivity contribution in [3.8, 4) is 0 Å². The lowest BCUT2D eigenvalue weighted by Crippen LogP contribution is -2.43. The highest BCUT2D eigenvalue weighted by molar-refractivity contribution is 8.00. The van der Waals surface area contributed by atoms with Crippen LogP contribution in [0.3, 0.4) is 0 Å². The van der Waals surface area contributed by atoms with Crippen molar-refractivity contribution in [3.63, 3.8) is 0 Å². The Labute approximate surface area is 180 Å². The molecule has 1 aliphatic rings. The molecule has 3 rings (SSSR count). The number of imide groups is 1. The predicted octanol–water partition coefficient (Wildman–Crippen LogP) is 3.24. The van der Waals surface area contributed by atoms with Gasteiger partial charge in [0.25, 0.3) is 5.91 Å². The van der Waals surface area contributed by atoms with Gasteiger partial charge < -0.3 is 4.90 Å². The van der Waals surface area contributed by atoms with E-state index in [9.17, 15) is 31.2 Å². The normalized spacial score (nSPS) is 16.8. The fourth-order valence-electron chi connectivity index (χ4n) is 2.93. The first kappa shape index (κ1) is 23.0. The number of carbonyl (C=O) groups excluding carboxylic acids is 2. The van der Waals surface area contributed by atoms with Crippen molar-refractivity contribution in [2.75, 3.05) is 11.2 Å². The summed E-state index contributed by atoms with van der Waals surface area (Å²) in [6.45, 7) is 2.86. The van der Waals surface area contributed by atoms with E-state index in [1.807, 2.05) is 0 Å². The molecule has 3 amide bonds. The monoisotopic (exact) mass is 474 g/mol. The Hall–Kier alpha value is -2.67. The topological polar surface area (TPSA) is 101 Å². The van der Waals surface area contributed by atoms with Crippen molar-refractivity contribution in [3.05, 3.63) is 42.2 Å². The molecule has 2 heterocycles. The Morgan fingerprint density at radius 3 is 2.26 bits per heavy atom. The van der Waals surface area contributed by atoms with Crippen LogP contribution in [0.4, 0.5) is 23.7 Å². The first-order valence-corrected chi connectivity index (χ1v) is 11.4. The number of sulfone groups is 1. The summed E-state index contributed by atoms with van der Waals surface area (Å²) >= 11 is -0.303. The van der Waals surface area contributed by atoms with Crippen LogP contribution < -0.4 is 4.90 Å². The van der Waals surface area contributed by atoms with E-state index in [-0.39, 0.29) is 34.6 Å². The van der Waals surface area contributed by atoms with Gasteiger partial charge >= 0.3 is 11.5 Å². The van der Waals surface area contributed by atoms with Gasteiger partial charge in [-0.15, -0.1) is 0 Å². The van der Waals surface area contributed by atoms with Gasteiger partial charge in [-0.25, -0.2) is 28.1 Å². The fourth-order valence-corrected chi connectivity index (χ4v) is 4.01. The largest absolute Gasteiger partial charge is 0.446 e. The second-order valence-electron chi connectivity index (χ2n) is 7.21. The van der Waals surface area contributed by atoms with E-state index >= 15 is 0 Å². The number of rotatable bonds is 5. The Bertz CT molecular complexity index is 1140. The SMILES string of the molecule is CC1(C)C(=O)N(c2ccc(SC(F)(F)F)cc2)C(=O)N1Cc1ccnc(S(C)(=O)=O)n1. The molecule has 13 heteroatoms. The maximum absolute atomic E-state index is 13.0. The summed E-state index contributed by atoms with van der Waals surface area (Å²) < 4.78 is 60.9. The third-order valence-corrected chi connectivity index (χ3v) is 6.09. The average Bonchev–Trinajstić information content (AvgIpc) is 2.81. The second-order valence-corrected chi connectivity index (χ2v) is 10.3. The minimum atomic E-state index is -4.46.